The van der Waals surface area contributed by atoms with Crippen LogP contribution in [0.4, 0.5) is 0 Å². The molecule has 5 heteroatoms. The zero-order chi connectivity index (χ0) is 14.3. The van der Waals surface area contributed by atoms with Crippen LogP contribution in [0.25, 0.3) is 0 Å². The first kappa shape index (κ1) is 13.1. The molecule has 0 spiro atoms. The Labute approximate surface area is 117 Å². The highest BCUT2D eigenvalue weighted by Crippen LogP contribution is 2.57. The number of rotatable bonds is 4. The van der Waals surface area contributed by atoms with Gasteiger partial charge in [0, 0.05) is 5.92 Å². The monoisotopic (exact) mass is 273 g/mol. The van der Waals surface area contributed by atoms with Gasteiger partial charge in [0.2, 0.25) is 5.89 Å². The molecule has 1 aliphatic rings. The molecule has 3 N–H and O–H groups in total. The summed E-state index contributed by atoms with van der Waals surface area (Å²) in [6, 6.07) is 6.66. The maximum absolute atomic E-state index is 9.26. The maximum atomic E-state index is 9.26. The smallest absolute Gasteiger partial charge is 0.243 e. The molecule has 1 saturated carbocycles. The number of aromatic nitrogens is 2. The van der Waals surface area contributed by atoms with Gasteiger partial charge in [-0.25, -0.2) is 0 Å². The molecule has 1 aromatic heterocycles. The highest BCUT2D eigenvalue weighted by Gasteiger charge is 2.49. The van der Waals surface area contributed by atoms with E-state index in [1.807, 2.05) is 12.1 Å². The topological polar surface area (TPSA) is 85.2 Å². The van der Waals surface area contributed by atoms with Crippen molar-refractivity contribution < 1.29 is 9.63 Å². The maximum Gasteiger partial charge on any atom is 0.243 e. The van der Waals surface area contributed by atoms with Gasteiger partial charge in [-0.15, -0.1) is 0 Å². The molecule has 0 radical (unpaired) electrons. The van der Waals surface area contributed by atoms with Crippen molar-refractivity contribution in [2.24, 2.45) is 11.1 Å². The van der Waals surface area contributed by atoms with E-state index in [4.69, 9.17) is 10.3 Å². The largest absolute Gasteiger partial charge is 0.508 e. The predicted molar refractivity (Wildman–Crippen MR) is 74.2 cm³/mol. The summed E-state index contributed by atoms with van der Waals surface area (Å²) in [5, 5.41) is 13.3. The van der Waals surface area contributed by atoms with Gasteiger partial charge in [0.1, 0.15) is 5.75 Å². The molecule has 1 heterocycles. The molecule has 20 heavy (non-hydrogen) atoms. The van der Waals surface area contributed by atoms with Crippen molar-refractivity contribution in [2.45, 2.75) is 38.6 Å². The minimum Gasteiger partial charge on any atom is -0.508 e. The van der Waals surface area contributed by atoms with E-state index < -0.39 is 0 Å². The third-order valence-electron chi connectivity index (χ3n) is 3.99. The van der Waals surface area contributed by atoms with Crippen LogP contribution < -0.4 is 5.73 Å². The Hall–Kier alpha value is -1.88. The number of hydrogen-bond acceptors (Lipinski definition) is 5. The summed E-state index contributed by atoms with van der Waals surface area (Å²) in [7, 11) is 0. The molecular formula is C15H19N3O2. The molecule has 1 fully saturated rings. The van der Waals surface area contributed by atoms with Crippen molar-refractivity contribution in [2.75, 3.05) is 0 Å². The predicted octanol–water partition coefficient (Wildman–Crippen LogP) is 2.53. The summed E-state index contributed by atoms with van der Waals surface area (Å²) < 4.78 is 5.28. The fraction of sp³-hybridized carbons (Fsp3) is 0.467. The van der Waals surface area contributed by atoms with Crippen LogP contribution in [0.2, 0.25) is 0 Å². The number of nitrogens with zero attached hydrogens (tertiary/aromatic N) is 2. The Kier molecular flexibility index (Phi) is 3.01. The molecule has 0 saturated heterocycles. The van der Waals surface area contributed by atoms with Gasteiger partial charge in [0.05, 0.1) is 6.04 Å². The number of benzene rings is 1. The lowest BCUT2D eigenvalue weighted by Crippen LogP contribution is -2.13. The fourth-order valence-corrected chi connectivity index (χ4v) is 2.42. The van der Waals surface area contributed by atoms with Crippen LogP contribution in [0.3, 0.4) is 0 Å². The van der Waals surface area contributed by atoms with Crippen molar-refractivity contribution in [1.82, 2.24) is 10.1 Å². The first-order valence-electron chi connectivity index (χ1n) is 6.83. The van der Waals surface area contributed by atoms with Crippen LogP contribution >= 0.6 is 0 Å². The van der Waals surface area contributed by atoms with Gasteiger partial charge in [-0.2, -0.15) is 4.98 Å². The van der Waals surface area contributed by atoms with Gasteiger partial charge in [0.25, 0.3) is 0 Å². The standard InChI is InChI=1S/C15H19N3O2/c1-15(2)8-11(15)13-17-14(20-18-13)12(16)7-9-3-5-10(19)6-4-9/h3-6,11-12,19H,7-8,16H2,1-2H3/t11?,12-/m0/s1. The van der Waals surface area contributed by atoms with Gasteiger partial charge in [0.15, 0.2) is 5.82 Å². The van der Waals surface area contributed by atoms with Crippen molar-refractivity contribution in [3.05, 3.63) is 41.5 Å². The second kappa shape index (κ2) is 4.59. The van der Waals surface area contributed by atoms with Crippen molar-refractivity contribution in [3.8, 4) is 5.75 Å². The van der Waals surface area contributed by atoms with Crippen molar-refractivity contribution in [3.63, 3.8) is 0 Å². The number of phenolic OH excluding ortho intramolecular Hbond substituents is 1. The molecule has 3 rings (SSSR count). The zero-order valence-corrected chi connectivity index (χ0v) is 11.7. The van der Waals surface area contributed by atoms with E-state index in [-0.39, 0.29) is 17.2 Å². The lowest BCUT2D eigenvalue weighted by Gasteiger charge is -2.06. The molecule has 1 unspecified atom stereocenters. The van der Waals surface area contributed by atoms with E-state index >= 15 is 0 Å². The first-order chi connectivity index (χ1) is 9.45. The molecule has 2 aromatic rings. The minimum absolute atomic E-state index is 0.248. The highest BCUT2D eigenvalue weighted by atomic mass is 16.5. The Morgan fingerprint density at radius 2 is 2.05 bits per heavy atom. The van der Waals surface area contributed by atoms with E-state index in [0.29, 0.717) is 18.2 Å². The molecule has 106 valence electrons. The number of phenols is 1. The second-order valence-electron chi connectivity index (χ2n) is 6.21. The lowest BCUT2D eigenvalue weighted by molar-refractivity contribution is 0.349. The molecule has 2 atom stereocenters. The van der Waals surface area contributed by atoms with Crippen LogP contribution in [0.5, 0.6) is 5.75 Å². The van der Waals surface area contributed by atoms with Crippen LogP contribution in [-0.4, -0.2) is 15.2 Å². The summed E-state index contributed by atoms with van der Waals surface area (Å²) in [6.45, 7) is 4.40. The van der Waals surface area contributed by atoms with E-state index in [1.165, 1.54) is 0 Å². The molecule has 0 aliphatic heterocycles. The SMILES string of the molecule is CC1(C)CC1c1noc([C@@H](N)Cc2ccc(O)cc2)n1. The molecule has 1 aromatic carbocycles. The number of aromatic hydroxyl groups is 1. The third kappa shape index (κ3) is 2.54. The van der Waals surface area contributed by atoms with E-state index in [0.717, 1.165) is 17.8 Å². The molecule has 0 bridgehead atoms. The Balaban J connectivity index is 1.68. The Morgan fingerprint density at radius 1 is 1.40 bits per heavy atom. The van der Waals surface area contributed by atoms with Crippen LogP contribution in [-0.2, 0) is 6.42 Å². The Morgan fingerprint density at radius 3 is 2.65 bits per heavy atom. The average molecular weight is 273 g/mol. The molecule has 1 aliphatic carbocycles. The van der Waals surface area contributed by atoms with Crippen LogP contribution in [0, 0.1) is 5.41 Å². The summed E-state index contributed by atoms with van der Waals surface area (Å²) in [4.78, 5) is 4.43. The molecule has 0 amide bonds. The quantitative estimate of drug-likeness (QED) is 0.894. The van der Waals surface area contributed by atoms with Gasteiger partial charge >= 0.3 is 0 Å². The molecular weight excluding hydrogens is 254 g/mol. The van der Waals surface area contributed by atoms with Crippen LogP contribution in [0.15, 0.2) is 28.8 Å². The molecule has 5 nitrogen and oxygen atoms in total. The average Bonchev–Trinajstić information content (AvgIpc) is 2.86. The summed E-state index contributed by atoms with van der Waals surface area (Å²) in [6.07, 6.45) is 1.70. The van der Waals surface area contributed by atoms with Crippen LogP contribution in [0.1, 0.15) is 49.5 Å². The fourth-order valence-electron chi connectivity index (χ4n) is 2.42. The minimum atomic E-state index is -0.317. The van der Waals surface area contributed by atoms with Gasteiger partial charge in [-0.1, -0.05) is 31.1 Å². The second-order valence-corrected chi connectivity index (χ2v) is 6.21. The van der Waals surface area contributed by atoms with Gasteiger partial charge < -0.3 is 15.4 Å². The lowest BCUT2D eigenvalue weighted by atomic mass is 10.1. The van der Waals surface area contributed by atoms with Crippen molar-refractivity contribution in [1.29, 1.82) is 0 Å². The zero-order valence-electron chi connectivity index (χ0n) is 11.7. The Bertz CT molecular complexity index is 604. The normalized spacial score (nSPS) is 21.6. The summed E-state index contributed by atoms with van der Waals surface area (Å²) in [5.41, 5.74) is 7.42. The van der Waals surface area contributed by atoms with Gasteiger partial charge in [-0.05, 0) is 36.0 Å². The van der Waals surface area contributed by atoms with E-state index in [9.17, 15) is 5.11 Å². The van der Waals surface area contributed by atoms with Gasteiger partial charge in [-0.3, -0.25) is 0 Å². The first-order valence-corrected chi connectivity index (χ1v) is 6.83. The summed E-state index contributed by atoms with van der Waals surface area (Å²) >= 11 is 0. The third-order valence-corrected chi connectivity index (χ3v) is 3.99. The van der Waals surface area contributed by atoms with Crippen molar-refractivity contribution >= 4 is 0 Å². The summed E-state index contributed by atoms with van der Waals surface area (Å²) in [5.74, 6) is 1.89. The van der Waals surface area contributed by atoms with E-state index in [2.05, 4.69) is 24.0 Å². The highest BCUT2D eigenvalue weighted by molar-refractivity contribution is 5.26. The van der Waals surface area contributed by atoms with E-state index in [1.54, 1.807) is 12.1 Å². The number of nitrogens with two attached hydrogens (primary N) is 1. The number of hydrogen-bond donors (Lipinski definition) is 2.